The Morgan fingerprint density at radius 2 is 1.08 bits per heavy atom. The van der Waals surface area contributed by atoms with E-state index in [4.69, 9.17) is 14.1 Å². The maximum absolute atomic E-state index is 12.3. The molecule has 4 heteroatoms. The lowest BCUT2D eigenvalue weighted by atomic mass is 9.84. The van der Waals surface area contributed by atoms with Gasteiger partial charge >= 0.3 is 0 Å². The van der Waals surface area contributed by atoms with Crippen molar-refractivity contribution in [3.63, 3.8) is 0 Å². The number of phenolic OH excluding ortho intramolecular Hbond substituents is 1. The third-order valence-corrected chi connectivity index (χ3v) is 12.0. The average Bonchev–Trinajstić information content (AvgIpc) is 3.74. The van der Waals surface area contributed by atoms with E-state index in [1.54, 1.807) is 12.1 Å². The Labute approximate surface area is 380 Å². The lowest BCUT2D eigenvalue weighted by Gasteiger charge is -2.23. The molecule has 10 rings (SSSR count). The van der Waals surface area contributed by atoms with Crippen LogP contribution in [0.4, 0.5) is 0 Å². The number of aromatic hydroxyl groups is 1. The molecule has 0 aliphatic heterocycles. The van der Waals surface area contributed by atoms with Crippen molar-refractivity contribution in [2.75, 3.05) is 0 Å². The highest BCUT2D eigenvalue weighted by molar-refractivity contribution is 5.98. The molecule has 0 fully saturated rings. The highest BCUT2D eigenvalue weighted by Gasteiger charge is 2.27. The van der Waals surface area contributed by atoms with Crippen molar-refractivity contribution in [3.8, 4) is 89.7 Å². The second-order valence-electron chi connectivity index (χ2n) is 17.5. The molecule has 8 aromatic carbocycles. The van der Waals surface area contributed by atoms with Crippen LogP contribution in [0, 0.1) is 13.8 Å². The number of imidazole rings is 1. The van der Waals surface area contributed by atoms with Crippen LogP contribution in [0.2, 0.25) is 0 Å². The Morgan fingerprint density at radius 3 is 1.75 bits per heavy atom. The molecule has 1 N–H and O–H groups in total. The number of para-hydroxylation sites is 1. The molecule has 10 aromatic rings. The van der Waals surface area contributed by atoms with Crippen molar-refractivity contribution < 1.29 is 9.22 Å². The maximum atomic E-state index is 12.3. The first-order valence-corrected chi connectivity index (χ1v) is 21.7. The van der Waals surface area contributed by atoms with Gasteiger partial charge in [-0.15, -0.1) is 0 Å². The van der Waals surface area contributed by atoms with Crippen molar-refractivity contribution in [2.24, 2.45) is 0 Å². The molecule has 0 saturated carbocycles. The first kappa shape index (κ1) is 36.8. The van der Waals surface area contributed by atoms with Crippen molar-refractivity contribution >= 4 is 11.0 Å². The van der Waals surface area contributed by atoms with Gasteiger partial charge in [0.05, 0.1) is 28.0 Å². The minimum absolute atomic E-state index is 0.158. The van der Waals surface area contributed by atoms with Crippen LogP contribution < -0.4 is 0 Å². The standard InChI is InChI=1S/C60H49N3O/c1-39-24-29-55(51(32-39)45-20-13-8-14-21-45)63-56-23-15-22-50(57(56)62-59(63)52-33-40(2)34-53(58(52)64)60(3,4)5)48-35-47(42-18-11-7-12-19-42)36-49(37-48)54-38-46(30-31-61-54)44-27-25-43(26-28-44)41-16-9-6-10-17-41/h6-38,64H,1-5H3/i1D3. The van der Waals surface area contributed by atoms with Crippen LogP contribution in [0.3, 0.4) is 0 Å². The Kier molecular flexibility index (Phi) is 9.47. The Hall–Kier alpha value is -7.82. The van der Waals surface area contributed by atoms with Gasteiger partial charge in [0.2, 0.25) is 0 Å². The monoisotopic (exact) mass is 830 g/mol. The number of hydrogen-bond donors (Lipinski definition) is 1. The Bertz CT molecular complexity index is 3430. The predicted molar refractivity (Wildman–Crippen MR) is 267 cm³/mol. The van der Waals surface area contributed by atoms with Gasteiger partial charge in [0, 0.05) is 32.6 Å². The van der Waals surface area contributed by atoms with E-state index in [2.05, 4.69) is 141 Å². The smallest absolute Gasteiger partial charge is 0.149 e. The van der Waals surface area contributed by atoms with E-state index in [9.17, 15) is 5.11 Å². The Morgan fingerprint density at radius 1 is 0.484 bits per heavy atom. The van der Waals surface area contributed by atoms with Crippen LogP contribution in [0.5, 0.6) is 5.75 Å². The van der Waals surface area contributed by atoms with Crippen LogP contribution in [-0.4, -0.2) is 19.6 Å². The van der Waals surface area contributed by atoms with Crippen LogP contribution in [-0.2, 0) is 5.41 Å². The van der Waals surface area contributed by atoms with Gasteiger partial charge in [0.1, 0.15) is 11.6 Å². The van der Waals surface area contributed by atoms with E-state index >= 15 is 0 Å². The normalized spacial score (nSPS) is 12.5. The van der Waals surface area contributed by atoms with Crippen LogP contribution in [0.25, 0.3) is 95.0 Å². The molecule has 0 bridgehead atoms. The van der Waals surface area contributed by atoms with E-state index in [0.29, 0.717) is 11.4 Å². The highest BCUT2D eigenvalue weighted by atomic mass is 16.3. The topological polar surface area (TPSA) is 50.9 Å². The first-order valence-electron chi connectivity index (χ1n) is 23.2. The van der Waals surface area contributed by atoms with Gasteiger partial charge in [-0.25, -0.2) is 4.98 Å². The molecule has 0 amide bonds. The summed E-state index contributed by atoms with van der Waals surface area (Å²) >= 11 is 0. The summed E-state index contributed by atoms with van der Waals surface area (Å²) in [6, 6.07) is 65.6. The van der Waals surface area contributed by atoms with Gasteiger partial charge < -0.3 is 5.11 Å². The third-order valence-electron chi connectivity index (χ3n) is 12.0. The number of rotatable bonds is 8. The van der Waals surface area contributed by atoms with Crippen LogP contribution in [0.1, 0.15) is 41.6 Å². The van der Waals surface area contributed by atoms with Crippen molar-refractivity contribution in [1.82, 2.24) is 14.5 Å². The van der Waals surface area contributed by atoms with E-state index in [0.717, 1.165) is 89.2 Å². The fourth-order valence-electron chi connectivity index (χ4n) is 8.84. The van der Waals surface area contributed by atoms with Crippen molar-refractivity contribution in [2.45, 2.75) is 40.0 Å². The number of aromatic nitrogens is 3. The lowest BCUT2D eigenvalue weighted by molar-refractivity contribution is 0.448. The second kappa shape index (κ2) is 16.5. The van der Waals surface area contributed by atoms with Gasteiger partial charge in [-0.2, -0.15) is 0 Å². The lowest BCUT2D eigenvalue weighted by Crippen LogP contribution is -2.12. The van der Waals surface area contributed by atoms with Crippen molar-refractivity contribution in [1.29, 1.82) is 0 Å². The number of pyridine rings is 1. The van der Waals surface area contributed by atoms with Gasteiger partial charge in [-0.05, 0) is 124 Å². The minimum atomic E-state index is -2.33. The number of hydrogen-bond acceptors (Lipinski definition) is 3. The summed E-state index contributed by atoms with van der Waals surface area (Å²) in [5.41, 5.74) is 16.3. The highest BCUT2D eigenvalue weighted by Crippen LogP contribution is 2.44. The summed E-state index contributed by atoms with van der Waals surface area (Å²) in [5.74, 6) is 0.700. The molecular weight excluding hydrogens is 779 g/mol. The predicted octanol–water partition coefficient (Wildman–Crippen LogP) is 15.7. The largest absolute Gasteiger partial charge is 0.507 e. The second-order valence-corrected chi connectivity index (χ2v) is 17.5. The zero-order valence-electron chi connectivity index (χ0n) is 39.3. The average molecular weight is 831 g/mol. The summed E-state index contributed by atoms with van der Waals surface area (Å²) in [6.07, 6.45) is 1.88. The van der Waals surface area contributed by atoms with Gasteiger partial charge in [-0.1, -0.05) is 166 Å². The zero-order chi connectivity index (χ0) is 46.5. The molecule has 0 spiro atoms. The molecule has 4 nitrogen and oxygen atoms in total. The molecule has 0 saturated heterocycles. The summed E-state index contributed by atoms with van der Waals surface area (Å²) < 4.78 is 27.2. The SMILES string of the molecule is [2H]C([2H])([2H])c1ccc(-n2c(-c3cc(C)cc(C(C)(C)C)c3O)nc3c(-c4cc(-c5ccccc5)cc(-c5cc(-c6ccc(-c7ccccc7)cc6)ccn5)c4)cccc32)c(-c2ccccc2)c1. The van der Waals surface area contributed by atoms with Crippen LogP contribution >= 0.6 is 0 Å². The summed E-state index contributed by atoms with van der Waals surface area (Å²) in [6.45, 7) is 6.00. The summed E-state index contributed by atoms with van der Waals surface area (Å²) in [5, 5.41) is 12.3. The minimum Gasteiger partial charge on any atom is -0.507 e. The van der Waals surface area contributed by atoms with Crippen LogP contribution in [0.15, 0.2) is 200 Å². The summed E-state index contributed by atoms with van der Waals surface area (Å²) in [4.78, 5) is 10.5. The number of phenols is 1. The maximum Gasteiger partial charge on any atom is 0.149 e. The molecule has 0 atom stereocenters. The number of nitrogens with zero attached hydrogens (tertiary/aromatic N) is 3. The number of fused-ring (bicyclic) bond motifs is 1. The molecule has 310 valence electrons. The van der Waals surface area contributed by atoms with Crippen molar-refractivity contribution in [3.05, 3.63) is 217 Å². The van der Waals surface area contributed by atoms with Gasteiger partial charge in [0.25, 0.3) is 0 Å². The Balaban J connectivity index is 1.20. The van der Waals surface area contributed by atoms with Gasteiger partial charge in [0.15, 0.2) is 0 Å². The zero-order valence-corrected chi connectivity index (χ0v) is 36.3. The molecular formula is C60H49N3O. The molecule has 0 radical (unpaired) electrons. The van der Waals surface area contributed by atoms with E-state index < -0.39 is 6.85 Å². The molecule has 0 aliphatic carbocycles. The quantitative estimate of drug-likeness (QED) is 0.166. The van der Waals surface area contributed by atoms with E-state index in [1.165, 1.54) is 5.56 Å². The first-order chi connectivity index (χ1) is 32.3. The third kappa shape index (κ3) is 7.69. The molecule has 64 heavy (non-hydrogen) atoms. The molecule has 2 aromatic heterocycles. The fourth-order valence-corrected chi connectivity index (χ4v) is 8.84. The fraction of sp³-hybridized carbons (Fsp3) is 0.100. The molecule has 2 heterocycles. The van der Waals surface area contributed by atoms with Gasteiger partial charge in [-0.3, -0.25) is 9.55 Å². The molecule has 0 unspecified atom stereocenters. The molecule has 0 aliphatic rings. The number of benzene rings is 8. The van der Waals surface area contributed by atoms with E-state index in [1.807, 2.05) is 79.9 Å². The van der Waals surface area contributed by atoms with E-state index in [-0.39, 0.29) is 16.7 Å². The summed E-state index contributed by atoms with van der Waals surface area (Å²) in [7, 11) is 0. The number of aryl methyl sites for hydroxylation is 2.